The highest BCUT2D eigenvalue weighted by molar-refractivity contribution is 5.88. The lowest BCUT2D eigenvalue weighted by molar-refractivity contribution is -0.127. The molecular weight excluding hydrogens is 186 g/mol. The molecule has 1 atom stereocenters. The third kappa shape index (κ3) is 2.46. The van der Waals surface area contributed by atoms with Crippen LogP contribution in [0.1, 0.15) is 12.5 Å². The van der Waals surface area contributed by atoms with Crippen LogP contribution in [-0.2, 0) is 11.3 Å². The van der Waals surface area contributed by atoms with Gasteiger partial charge in [-0.1, -0.05) is 43.3 Å². The van der Waals surface area contributed by atoms with Gasteiger partial charge < -0.3 is 4.90 Å². The lowest BCUT2D eigenvalue weighted by Gasteiger charge is -2.27. The van der Waals surface area contributed by atoms with E-state index < -0.39 is 0 Å². The Hall–Kier alpha value is -1.57. The van der Waals surface area contributed by atoms with Crippen molar-refractivity contribution in [2.24, 2.45) is 5.92 Å². The minimum absolute atomic E-state index is 0.122. The molecule has 2 rings (SSSR count). The molecule has 0 bridgehead atoms. The van der Waals surface area contributed by atoms with Gasteiger partial charge in [0.25, 0.3) is 0 Å². The molecule has 1 unspecified atom stereocenters. The zero-order valence-electron chi connectivity index (χ0n) is 8.89. The summed E-state index contributed by atoms with van der Waals surface area (Å²) in [5, 5.41) is 0. The molecule has 78 valence electrons. The van der Waals surface area contributed by atoms with Crippen molar-refractivity contribution in [3.63, 3.8) is 0 Å². The third-order valence-electron chi connectivity index (χ3n) is 2.60. The largest absolute Gasteiger partial charge is 0.334 e. The number of carbonyl (C=O) groups excluding carboxylic acids is 1. The fourth-order valence-corrected chi connectivity index (χ4v) is 1.80. The van der Waals surface area contributed by atoms with E-state index >= 15 is 0 Å². The van der Waals surface area contributed by atoms with Crippen molar-refractivity contribution in [2.75, 3.05) is 6.54 Å². The van der Waals surface area contributed by atoms with Crippen molar-refractivity contribution in [3.8, 4) is 0 Å². The van der Waals surface area contributed by atoms with Gasteiger partial charge in [0.15, 0.2) is 0 Å². The maximum atomic E-state index is 11.6. The van der Waals surface area contributed by atoms with E-state index in [1.165, 1.54) is 5.56 Å². The van der Waals surface area contributed by atoms with Crippen LogP contribution >= 0.6 is 0 Å². The number of hydrogen-bond acceptors (Lipinski definition) is 1. The second-order valence-corrected chi connectivity index (χ2v) is 4.04. The molecule has 2 nitrogen and oxygen atoms in total. The number of nitrogens with zero attached hydrogens (tertiary/aromatic N) is 1. The summed E-state index contributed by atoms with van der Waals surface area (Å²) in [5.41, 5.74) is 1.19. The second kappa shape index (κ2) is 4.30. The van der Waals surface area contributed by atoms with Crippen LogP contribution in [0.3, 0.4) is 0 Å². The van der Waals surface area contributed by atoms with Gasteiger partial charge in [0, 0.05) is 13.1 Å². The molecule has 1 heterocycles. The fraction of sp³-hybridized carbons (Fsp3) is 0.308. The van der Waals surface area contributed by atoms with Crippen molar-refractivity contribution < 1.29 is 4.79 Å². The first-order valence-corrected chi connectivity index (χ1v) is 5.27. The topological polar surface area (TPSA) is 20.3 Å². The number of hydrogen-bond donors (Lipinski definition) is 0. The highest BCUT2D eigenvalue weighted by Gasteiger charge is 2.17. The van der Waals surface area contributed by atoms with Crippen LogP contribution < -0.4 is 0 Å². The van der Waals surface area contributed by atoms with Crippen molar-refractivity contribution >= 4 is 5.91 Å². The first-order valence-electron chi connectivity index (χ1n) is 5.27. The first kappa shape index (κ1) is 9.97. The summed E-state index contributed by atoms with van der Waals surface area (Å²) in [4.78, 5) is 13.5. The van der Waals surface area contributed by atoms with Crippen LogP contribution in [0.25, 0.3) is 0 Å². The van der Waals surface area contributed by atoms with Crippen molar-refractivity contribution in [1.82, 2.24) is 4.90 Å². The van der Waals surface area contributed by atoms with Crippen LogP contribution in [0.5, 0.6) is 0 Å². The third-order valence-corrected chi connectivity index (χ3v) is 2.60. The molecule has 1 aromatic carbocycles. The van der Waals surface area contributed by atoms with E-state index in [0.717, 1.165) is 6.54 Å². The molecular formula is C13H15NO. The van der Waals surface area contributed by atoms with Crippen molar-refractivity contribution in [2.45, 2.75) is 13.5 Å². The molecule has 1 aliphatic rings. The van der Waals surface area contributed by atoms with Crippen LogP contribution in [0.15, 0.2) is 42.5 Å². The zero-order valence-corrected chi connectivity index (χ0v) is 8.89. The van der Waals surface area contributed by atoms with Crippen molar-refractivity contribution in [1.29, 1.82) is 0 Å². The molecule has 0 aliphatic carbocycles. The van der Waals surface area contributed by atoms with Crippen LogP contribution in [0.2, 0.25) is 0 Å². The Morgan fingerprint density at radius 3 is 2.80 bits per heavy atom. The molecule has 0 fully saturated rings. The fourth-order valence-electron chi connectivity index (χ4n) is 1.80. The summed E-state index contributed by atoms with van der Waals surface area (Å²) in [6, 6.07) is 10.1. The summed E-state index contributed by atoms with van der Waals surface area (Å²) in [6.07, 6.45) is 3.65. The molecule has 2 heteroatoms. The summed E-state index contributed by atoms with van der Waals surface area (Å²) >= 11 is 0. The van der Waals surface area contributed by atoms with Crippen LogP contribution in [0, 0.1) is 5.92 Å². The minimum Gasteiger partial charge on any atom is -0.334 e. The van der Waals surface area contributed by atoms with Gasteiger partial charge in [-0.2, -0.15) is 0 Å². The summed E-state index contributed by atoms with van der Waals surface area (Å²) in [7, 11) is 0. The molecule has 15 heavy (non-hydrogen) atoms. The quantitative estimate of drug-likeness (QED) is 0.718. The summed E-state index contributed by atoms with van der Waals surface area (Å²) in [5.74, 6) is 0.586. The van der Waals surface area contributed by atoms with E-state index in [0.29, 0.717) is 12.5 Å². The zero-order chi connectivity index (χ0) is 10.7. The average Bonchev–Trinajstić information content (AvgIpc) is 2.25. The molecule has 0 saturated heterocycles. The second-order valence-electron chi connectivity index (χ2n) is 4.04. The first-order chi connectivity index (χ1) is 7.25. The smallest absolute Gasteiger partial charge is 0.246 e. The number of carbonyl (C=O) groups is 1. The monoisotopic (exact) mass is 201 g/mol. The van der Waals surface area contributed by atoms with Gasteiger partial charge in [-0.15, -0.1) is 0 Å². The molecule has 0 aromatic heterocycles. The molecule has 0 saturated carbocycles. The summed E-state index contributed by atoms with van der Waals surface area (Å²) < 4.78 is 0. The van der Waals surface area contributed by atoms with Gasteiger partial charge in [-0.25, -0.2) is 0 Å². The Bertz CT molecular complexity index is 369. The minimum atomic E-state index is 0.122. The Kier molecular flexibility index (Phi) is 2.86. The van der Waals surface area contributed by atoms with Gasteiger partial charge in [-0.05, 0) is 17.6 Å². The number of rotatable bonds is 2. The molecule has 1 aromatic rings. The molecule has 0 spiro atoms. The van der Waals surface area contributed by atoms with Crippen LogP contribution in [0.4, 0.5) is 0 Å². The Balaban J connectivity index is 2.07. The van der Waals surface area contributed by atoms with Gasteiger partial charge in [0.2, 0.25) is 5.91 Å². The highest BCUT2D eigenvalue weighted by atomic mass is 16.2. The van der Waals surface area contributed by atoms with E-state index in [9.17, 15) is 4.79 Å². The maximum Gasteiger partial charge on any atom is 0.246 e. The lowest BCUT2D eigenvalue weighted by Crippen LogP contribution is -2.35. The SMILES string of the molecule is CC1C=CC(=O)N(Cc2ccccc2)C1. The Morgan fingerprint density at radius 1 is 1.33 bits per heavy atom. The van der Waals surface area contributed by atoms with Gasteiger partial charge in [0.1, 0.15) is 0 Å². The standard InChI is InChI=1S/C13H15NO/c1-11-7-8-13(15)14(9-11)10-12-5-3-2-4-6-12/h2-8,11H,9-10H2,1H3. The predicted molar refractivity (Wildman–Crippen MR) is 60.2 cm³/mol. The van der Waals surface area contributed by atoms with E-state index in [1.807, 2.05) is 29.2 Å². The van der Waals surface area contributed by atoms with Crippen LogP contribution in [-0.4, -0.2) is 17.4 Å². The van der Waals surface area contributed by atoms with Gasteiger partial charge in [0.05, 0.1) is 0 Å². The molecule has 1 amide bonds. The van der Waals surface area contributed by atoms with Crippen molar-refractivity contribution in [3.05, 3.63) is 48.0 Å². The van der Waals surface area contributed by atoms with E-state index in [4.69, 9.17) is 0 Å². The lowest BCUT2D eigenvalue weighted by atomic mass is 10.1. The highest BCUT2D eigenvalue weighted by Crippen LogP contribution is 2.13. The number of benzene rings is 1. The average molecular weight is 201 g/mol. The van der Waals surface area contributed by atoms with E-state index in [-0.39, 0.29) is 5.91 Å². The summed E-state index contributed by atoms with van der Waals surface area (Å²) in [6.45, 7) is 3.67. The van der Waals surface area contributed by atoms with E-state index in [1.54, 1.807) is 6.08 Å². The Labute approximate surface area is 90.2 Å². The Morgan fingerprint density at radius 2 is 2.07 bits per heavy atom. The van der Waals surface area contributed by atoms with Gasteiger partial charge >= 0.3 is 0 Å². The normalized spacial score (nSPS) is 20.7. The maximum absolute atomic E-state index is 11.6. The number of amides is 1. The molecule has 1 aliphatic heterocycles. The van der Waals surface area contributed by atoms with Gasteiger partial charge in [-0.3, -0.25) is 4.79 Å². The predicted octanol–water partition coefficient (Wildman–Crippen LogP) is 2.22. The molecule has 0 radical (unpaired) electrons. The molecule has 0 N–H and O–H groups in total. The van der Waals surface area contributed by atoms with E-state index in [2.05, 4.69) is 19.1 Å².